The first-order valence-corrected chi connectivity index (χ1v) is 16.1. The second kappa shape index (κ2) is 13.2. The molecule has 10 nitrogen and oxygen atoms in total. The topological polar surface area (TPSA) is 120 Å². The molecule has 3 saturated heterocycles. The van der Waals surface area contributed by atoms with Gasteiger partial charge in [0.25, 0.3) is 0 Å². The first-order valence-electron chi connectivity index (χ1n) is 16.1. The summed E-state index contributed by atoms with van der Waals surface area (Å²) in [5, 5.41) is 15.5. The van der Waals surface area contributed by atoms with E-state index in [-0.39, 0.29) is 24.3 Å². The average molecular weight is 607 g/mol. The fraction of sp³-hybridized carbons (Fsp3) is 0.559. The number of aliphatic hydroxyl groups excluding tert-OH is 1. The van der Waals surface area contributed by atoms with Gasteiger partial charge in [0.1, 0.15) is 17.4 Å². The van der Waals surface area contributed by atoms with Gasteiger partial charge in [0.15, 0.2) is 0 Å². The Balaban J connectivity index is 1.44. The molecule has 1 spiro atoms. The van der Waals surface area contributed by atoms with Crippen LogP contribution in [0, 0.1) is 11.8 Å². The number of fused-ring (bicyclic) bond motifs is 1. The van der Waals surface area contributed by atoms with Crippen LogP contribution < -0.4 is 20.3 Å². The summed E-state index contributed by atoms with van der Waals surface area (Å²) >= 11 is 0. The van der Waals surface area contributed by atoms with Crippen LogP contribution in [0.5, 0.6) is 5.75 Å². The summed E-state index contributed by atoms with van der Waals surface area (Å²) in [6, 6.07) is 14.0. The number of nitrogens with one attached hydrogen (secondary N) is 2. The minimum atomic E-state index is -1.11. The Hall–Kier alpha value is -3.63. The predicted molar refractivity (Wildman–Crippen MR) is 170 cm³/mol. The first kappa shape index (κ1) is 31.8. The number of aliphatic hydroxyl groups is 1. The molecule has 3 amide bonds. The van der Waals surface area contributed by atoms with E-state index in [0.717, 1.165) is 18.8 Å². The van der Waals surface area contributed by atoms with Crippen LogP contribution in [0.2, 0.25) is 0 Å². The summed E-state index contributed by atoms with van der Waals surface area (Å²) in [5.41, 5.74) is 0.359. The summed E-state index contributed by atoms with van der Waals surface area (Å²) in [5.74, 6) is -1.65. The number of nitrogens with zero attached hydrogens (tertiary/aromatic N) is 2. The third kappa shape index (κ3) is 5.54. The van der Waals surface area contributed by atoms with E-state index in [9.17, 15) is 19.5 Å². The maximum atomic E-state index is 14.3. The lowest BCUT2D eigenvalue weighted by Gasteiger charge is -2.34. The number of carbonyl (C=O) groups excluding carboxylic acids is 3. The molecule has 2 aromatic carbocycles. The molecule has 2 bridgehead atoms. The van der Waals surface area contributed by atoms with Gasteiger partial charge in [-0.05, 0) is 101 Å². The summed E-state index contributed by atoms with van der Waals surface area (Å²) in [7, 11) is 0. The molecule has 0 aliphatic carbocycles. The van der Waals surface area contributed by atoms with Crippen molar-refractivity contribution in [2.75, 3.05) is 48.4 Å². The average Bonchev–Trinajstić information content (AvgIpc) is 3.63. The van der Waals surface area contributed by atoms with E-state index in [4.69, 9.17) is 9.47 Å². The molecule has 3 fully saturated rings. The number of ether oxygens (including phenoxy) is 2. The molecule has 10 heteroatoms. The van der Waals surface area contributed by atoms with Crippen molar-refractivity contribution in [1.82, 2.24) is 4.90 Å². The van der Waals surface area contributed by atoms with Gasteiger partial charge in [-0.25, -0.2) is 0 Å². The van der Waals surface area contributed by atoms with E-state index in [0.29, 0.717) is 62.4 Å². The molecule has 3 aliphatic heterocycles. The van der Waals surface area contributed by atoms with Crippen molar-refractivity contribution < 1.29 is 29.0 Å². The van der Waals surface area contributed by atoms with Gasteiger partial charge in [0, 0.05) is 43.3 Å². The van der Waals surface area contributed by atoms with E-state index < -0.39 is 29.1 Å². The van der Waals surface area contributed by atoms with E-state index in [2.05, 4.69) is 29.4 Å². The van der Waals surface area contributed by atoms with Gasteiger partial charge in [-0.15, -0.1) is 0 Å². The van der Waals surface area contributed by atoms with Crippen molar-refractivity contribution in [2.24, 2.45) is 11.8 Å². The van der Waals surface area contributed by atoms with E-state index >= 15 is 0 Å². The minimum absolute atomic E-state index is 0.00505. The molecule has 2 unspecified atom stereocenters. The highest BCUT2D eigenvalue weighted by atomic mass is 16.5. The van der Waals surface area contributed by atoms with E-state index in [1.54, 1.807) is 29.2 Å². The number of anilines is 3. The Morgan fingerprint density at radius 1 is 0.955 bits per heavy atom. The number of amides is 3. The molecule has 0 saturated carbocycles. The molecule has 0 aromatic heterocycles. The van der Waals surface area contributed by atoms with Gasteiger partial charge in [-0.3, -0.25) is 14.4 Å². The zero-order valence-corrected chi connectivity index (χ0v) is 26.3. The van der Waals surface area contributed by atoms with Gasteiger partial charge in [-0.2, -0.15) is 0 Å². The second-order valence-corrected chi connectivity index (χ2v) is 12.0. The van der Waals surface area contributed by atoms with Crippen LogP contribution >= 0.6 is 0 Å². The lowest BCUT2D eigenvalue weighted by Crippen LogP contribution is -2.53. The van der Waals surface area contributed by atoms with Crippen molar-refractivity contribution in [1.29, 1.82) is 0 Å². The molecule has 5 atom stereocenters. The number of likely N-dealkylation sites (tertiary alicyclic amines) is 1. The fourth-order valence-electron chi connectivity index (χ4n) is 7.63. The van der Waals surface area contributed by atoms with Crippen molar-refractivity contribution in [3.8, 4) is 5.75 Å². The van der Waals surface area contributed by atoms with Crippen molar-refractivity contribution in [2.45, 2.75) is 77.0 Å². The summed E-state index contributed by atoms with van der Waals surface area (Å²) in [6.45, 7) is 10.7. The second-order valence-electron chi connectivity index (χ2n) is 12.0. The maximum Gasteiger partial charge on any atom is 0.250 e. The van der Waals surface area contributed by atoms with Crippen LogP contribution in [0.3, 0.4) is 0 Å². The number of rotatable bonds is 14. The number of carbonyl (C=O) groups is 3. The molecule has 3 aliphatic rings. The summed E-state index contributed by atoms with van der Waals surface area (Å²) in [4.78, 5) is 46.2. The standard InChI is InChI=1S/C34H46N4O6/c1-5-33-19-20-34(44-33)28(27(33)30(40)35-24-13-17-26(18-14-24)43-8-4)32(42)38(21-9-10-22-39)29(34)31(41)36-23-11-15-25(16-12-23)37(6-2)7-3/h11-18,27-29,39H,5-10,19-22H2,1-4H3,(H,35,40)(H,36,41)/t27-,28-,29?,33+,34?/m0/s1. The van der Waals surface area contributed by atoms with Crippen LogP contribution in [0.4, 0.5) is 17.1 Å². The van der Waals surface area contributed by atoms with Crippen LogP contribution in [0.1, 0.15) is 59.8 Å². The number of benzene rings is 2. The summed E-state index contributed by atoms with van der Waals surface area (Å²) < 4.78 is 12.4. The Morgan fingerprint density at radius 2 is 1.59 bits per heavy atom. The Bertz CT molecular complexity index is 1330. The predicted octanol–water partition coefficient (Wildman–Crippen LogP) is 4.44. The molecule has 5 rings (SSSR count). The molecular weight excluding hydrogens is 560 g/mol. The molecular formula is C34H46N4O6. The van der Waals surface area contributed by atoms with E-state index in [1.807, 2.05) is 38.1 Å². The van der Waals surface area contributed by atoms with Gasteiger partial charge in [-0.1, -0.05) is 6.92 Å². The highest BCUT2D eigenvalue weighted by Gasteiger charge is 2.78. The lowest BCUT2D eigenvalue weighted by atomic mass is 9.65. The molecule has 3 N–H and O–H groups in total. The van der Waals surface area contributed by atoms with Crippen LogP contribution in [0.15, 0.2) is 48.5 Å². The van der Waals surface area contributed by atoms with Gasteiger partial charge >= 0.3 is 0 Å². The maximum absolute atomic E-state index is 14.3. The lowest BCUT2D eigenvalue weighted by molar-refractivity contribution is -0.144. The quantitative estimate of drug-likeness (QED) is 0.272. The minimum Gasteiger partial charge on any atom is -0.494 e. The zero-order chi connectivity index (χ0) is 31.5. The number of hydrogen-bond donors (Lipinski definition) is 3. The molecule has 44 heavy (non-hydrogen) atoms. The highest BCUT2D eigenvalue weighted by molar-refractivity contribution is 6.05. The van der Waals surface area contributed by atoms with Gasteiger partial charge < -0.3 is 35.0 Å². The zero-order valence-electron chi connectivity index (χ0n) is 26.3. The monoisotopic (exact) mass is 606 g/mol. The normalized spacial score (nSPS) is 26.9. The fourth-order valence-corrected chi connectivity index (χ4v) is 7.63. The summed E-state index contributed by atoms with van der Waals surface area (Å²) in [6.07, 6.45) is 2.69. The molecule has 3 heterocycles. The molecule has 0 radical (unpaired) electrons. The first-order chi connectivity index (χ1) is 21.3. The smallest absolute Gasteiger partial charge is 0.250 e. The van der Waals surface area contributed by atoms with Crippen LogP contribution in [0.25, 0.3) is 0 Å². The third-order valence-electron chi connectivity index (χ3n) is 9.72. The Kier molecular flexibility index (Phi) is 9.51. The van der Waals surface area contributed by atoms with Crippen molar-refractivity contribution >= 4 is 34.8 Å². The van der Waals surface area contributed by atoms with E-state index in [1.165, 1.54) is 0 Å². The third-order valence-corrected chi connectivity index (χ3v) is 9.72. The van der Waals surface area contributed by atoms with Crippen LogP contribution in [-0.4, -0.2) is 77.8 Å². The van der Waals surface area contributed by atoms with Gasteiger partial charge in [0.05, 0.1) is 24.0 Å². The molecule has 2 aromatic rings. The van der Waals surface area contributed by atoms with Gasteiger partial charge in [0.2, 0.25) is 17.7 Å². The number of unbranched alkanes of at least 4 members (excludes halogenated alkanes) is 1. The molecule has 238 valence electrons. The number of hydrogen-bond acceptors (Lipinski definition) is 7. The highest BCUT2D eigenvalue weighted by Crippen LogP contribution is 2.64. The largest absolute Gasteiger partial charge is 0.494 e. The van der Waals surface area contributed by atoms with Crippen LogP contribution in [-0.2, 0) is 19.1 Å². The Morgan fingerprint density at radius 3 is 2.18 bits per heavy atom. The van der Waals surface area contributed by atoms with Crippen molar-refractivity contribution in [3.63, 3.8) is 0 Å². The Labute approximate surface area is 260 Å². The van der Waals surface area contributed by atoms with Crippen molar-refractivity contribution in [3.05, 3.63) is 48.5 Å². The SMILES string of the molecule is CCOc1ccc(NC(=O)[C@@H]2[C@H]3C(=O)N(CCCCO)C(C(=O)Nc4ccc(N(CC)CC)cc4)C34CC[C@@]2(CC)O4)cc1.